The lowest BCUT2D eigenvalue weighted by Crippen LogP contribution is -2.43. The molecule has 0 aromatic carbocycles. The van der Waals surface area contributed by atoms with Crippen molar-refractivity contribution in [2.24, 2.45) is 11.8 Å². The van der Waals surface area contributed by atoms with Crippen molar-refractivity contribution in [3.8, 4) is 0 Å². The van der Waals surface area contributed by atoms with Crippen LogP contribution in [0.15, 0.2) is 0 Å². The van der Waals surface area contributed by atoms with Crippen LogP contribution in [0.1, 0.15) is 34.1 Å². The molecule has 0 bridgehead atoms. The van der Waals surface area contributed by atoms with E-state index in [4.69, 9.17) is 0 Å². The summed E-state index contributed by atoms with van der Waals surface area (Å²) in [5.74, 6) is 1.19. The van der Waals surface area contributed by atoms with E-state index in [0.29, 0.717) is 24.9 Å². The minimum absolute atomic E-state index is 0.200. The molecule has 4 heteroatoms. The van der Waals surface area contributed by atoms with E-state index in [2.05, 4.69) is 32.6 Å². The van der Waals surface area contributed by atoms with Crippen LogP contribution in [0.4, 0.5) is 0 Å². The van der Waals surface area contributed by atoms with Crippen LogP contribution in [0, 0.1) is 11.8 Å². The molecule has 1 amide bonds. The average Bonchev–Trinajstić information content (AvgIpc) is 2.61. The van der Waals surface area contributed by atoms with Crippen LogP contribution in [-0.4, -0.2) is 59.6 Å². The molecule has 1 heterocycles. The first-order chi connectivity index (χ1) is 8.38. The Morgan fingerprint density at radius 1 is 1.28 bits per heavy atom. The Labute approximate surface area is 111 Å². The summed E-state index contributed by atoms with van der Waals surface area (Å²) >= 11 is 0. The molecule has 1 aliphatic rings. The first kappa shape index (κ1) is 15.4. The zero-order valence-electron chi connectivity index (χ0n) is 12.2. The van der Waals surface area contributed by atoms with Crippen molar-refractivity contribution < 1.29 is 9.90 Å². The molecule has 1 aliphatic heterocycles. The van der Waals surface area contributed by atoms with Crippen molar-refractivity contribution in [3.05, 3.63) is 0 Å². The molecule has 0 aliphatic carbocycles. The fourth-order valence-corrected chi connectivity index (χ4v) is 2.41. The van der Waals surface area contributed by atoms with E-state index in [-0.39, 0.29) is 12.0 Å². The highest BCUT2D eigenvalue weighted by Gasteiger charge is 2.24. The lowest BCUT2D eigenvalue weighted by atomic mass is 10.1. The van der Waals surface area contributed by atoms with Gasteiger partial charge in [-0.1, -0.05) is 27.7 Å². The van der Waals surface area contributed by atoms with Crippen molar-refractivity contribution >= 4 is 5.91 Å². The van der Waals surface area contributed by atoms with Gasteiger partial charge in [0.1, 0.15) is 0 Å². The maximum absolute atomic E-state index is 12.3. The summed E-state index contributed by atoms with van der Waals surface area (Å²) in [5.41, 5.74) is 0. The van der Waals surface area contributed by atoms with Crippen LogP contribution >= 0.6 is 0 Å². The first-order valence-corrected chi connectivity index (χ1v) is 7.06. The van der Waals surface area contributed by atoms with Gasteiger partial charge in [0.25, 0.3) is 0 Å². The van der Waals surface area contributed by atoms with Gasteiger partial charge in [-0.3, -0.25) is 9.69 Å². The second-order valence-corrected chi connectivity index (χ2v) is 6.26. The Kier molecular flexibility index (Phi) is 6.09. The Bertz CT molecular complexity index is 257. The molecule has 18 heavy (non-hydrogen) atoms. The second kappa shape index (κ2) is 7.10. The number of likely N-dealkylation sites (tertiary alicyclic amines) is 1. The predicted molar refractivity (Wildman–Crippen MR) is 73.3 cm³/mol. The topological polar surface area (TPSA) is 43.8 Å². The van der Waals surface area contributed by atoms with Gasteiger partial charge in [-0.2, -0.15) is 0 Å². The van der Waals surface area contributed by atoms with E-state index in [1.54, 1.807) is 0 Å². The number of hydrogen-bond donors (Lipinski definition) is 1. The van der Waals surface area contributed by atoms with Crippen LogP contribution < -0.4 is 0 Å². The number of carbonyl (C=O) groups is 1. The minimum atomic E-state index is -0.249. The maximum Gasteiger partial charge on any atom is 0.236 e. The highest BCUT2D eigenvalue weighted by atomic mass is 16.3. The molecule has 0 saturated carbocycles. The van der Waals surface area contributed by atoms with Crippen molar-refractivity contribution in [2.45, 2.75) is 40.2 Å². The van der Waals surface area contributed by atoms with Crippen LogP contribution in [0.2, 0.25) is 0 Å². The van der Waals surface area contributed by atoms with Gasteiger partial charge in [0, 0.05) is 26.2 Å². The third-order valence-electron chi connectivity index (χ3n) is 3.13. The first-order valence-electron chi connectivity index (χ1n) is 7.06. The van der Waals surface area contributed by atoms with Crippen molar-refractivity contribution in [1.82, 2.24) is 9.80 Å². The van der Waals surface area contributed by atoms with Gasteiger partial charge in [-0.05, 0) is 18.3 Å². The molecular weight excluding hydrogens is 228 g/mol. The smallest absolute Gasteiger partial charge is 0.236 e. The Morgan fingerprint density at radius 3 is 2.22 bits per heavy atom. The molecule has 1 rings (SSSR count). The SMILES string of the molecule is CC(C)CN(CC(C)C)C(=O)CN1CCC(O)C1. The van der Waals surface area contributed by atoms with Gasteiger partial charge in [0.05, 0.1) is 12.6 Å². The van der Waals surface area contributed by atoms with E-state index in [1.807, 2.05) is 4.90 Å². The molecule has 1 N–H and O–H groups in total. The highest BCUT2D eigenvalue weighted by molar-refractivity contribution is 5.78. The molecule has 0 aromatic heterocycles. The molecule has 106 valence electrons. The zero-order chi connectivity index (χ0) is 13.7. The predicted octanol–water partition coefficient (Wildman–Crippen LogP) is 1.19. The average molecular weight is 256 g/mol. The molecule has 0 spiro atoms. The van der Waals surface area contributed by atoms with Crippen molar-refractivity contribution in [1.29, 1.82) is 0 Å². The summed E-state index contributed by atoms with van der Waals surface area (Å²) in [6.45, 7) is 12.1. The lowest BCUT2D eigenvalue weighted by Gasteiger charge is -2.28. The molecule has 0 radical (unpaired) electrons. The van der Waals surface area contributed by atoms with Gasteiger partial charge < -0.3 is 10.0 Å². The number of carbonyl (C=O) groups excluding carboxylic acids is 1. The zero-order valence-corrected chi connectivity index (χ0v) is 12.2. The van der Waals surface area contributed by atoms with Crippen LogP contribution in [0.3, 0.4) is 0 Å². The second-order valence-electron chi connectivity index (χ2n) is 6.26. The van der Waals surface area contributed by atoms with E-state index >= 15 is 0 Å². The highest BCUT2D eigenvalue weighted by Crippen LogP contribution is 2.10. The van der Waals surface area contributed by atoms with E-state index in [1.165, 1.54) is 0 Å². The number of amides is 1. The molecule has 1 unspecified atom stereocenters. The summed E-state index contributed by atoms with van der Waals surface area (Å²) in [6.07, 6.45) is 0.545. The van der Waals surface area contributed by atoms with Gasteiger partial charge in [0.2, 0.25) is 5.91 Å². The Morgan fingerprint density at radius 2 is 1.83 bits per heavy atom. The van der Waals surface area contributed by atoms with Crippen LogP contribution in [0.5, 0.6) is 0 Å². The Hall–Kier alpha value is -0.610. The lowest BCUT2D eigenvalue weighted by molar-refractivity contribution is -0.133. The van der Waals surface area contributed by atoms with Crippen LogP contribution in [-0.2, 0) is 4.79 Å². The van der Waals surface area contributed by atoms with Crippen LogP contribution in [0.25, 0.3) is 0 Å². The number of β-amino-alcohol motifs (C(OH)–C–C–N with tert-alkyl or cyclic N) is 1. The quantitative estimate of drug-likeness (QED) is 0.776. The van der Waals surface area contributed by atoms with Gasteiger partial charge in [0.15, 0.2) is 0 Å². The third kappa shape index (κ3) is 5.36. The Balaban J connectivity index is 2.47. The molecular formula is C14H28N2O2. The van der Waals surface area contributed by atoms with E-state index in [9.17, 15) is 9.90 Å². The minimum Gasteiger partial charge on any atom is -0.392 e. The summed E-state index contributed by atoms with van der Waals surface area (Å²) in [4.78, 5) is 16.3. The summed E-state index contributed by atoms with van der Waals surface area (Å²) in [6, 6.07) is 0. The molecule has 1 atom stereocenters. The number of rotatable bonds is 6. The largest absolute Gasteiger partial charge is 0.392 e. The number of hydrogen-bond acceptors (Lipinski definition) is 3. The van der Waals surface area contributed by atoms with Gasteiger partial charge in [-0.15, -0.1) is 0 Å². The molecule has 4 nitrogen and oxygen atoms in total. The van der Waals surface area contributed by atoms with Gasteiger partial charge in [-0.25, -0.2) is 0 Å². The number of aliphatic hydroxyl groups is 1. The molecule has 1 fully saturated rings. The van der Waals surface area contributed by atoms with Crippen molar-refractivity contribution in [2.75, 3.05) is 32.7 Å². The molecule has 1 saturated heterocycles. The van der Waals surface area contributed by atoms with Gasteiger partial charge >= 0.3 is 0 Å². The number of nitrogens with zero attached hydrogens (tertiary/aromatic N) is 2. The normalized spacial score (nSPS) is 20.9. The molecule has 0 aromatic rings. The maximum atomic E-state index is 12.3. The van der Waals surface area contributed by atoms with E-state index in [0.717, 1.165) is 26.1 Å². The fraction of sp³-hybridized carbons (Fsp3) is 0.929. The van der Waals surface area contributed by atoms with E-state index < -0.39 is 0 Å². The standard InChI is InChI=1S/C14H28N2O2/c1-11(2)7-16(8-12(3)4)14(18)10-15-6-5-13(17)9-15/h11-13,17H,5-10H2,1-4H3. The fourth-order valence-electron chi connectivity index (χ4n) is 2.41. The third-order valence-corrected chi connectivity index (χ3v) is 3.13. The summed E-state index contributed by atoms with van der Waals surface area (Å²) < 4.78 is 0. The summed E-state index contributed by atoms with van der Waals surface area (Å²) in [7, 11) is 0. The monoisotopic (exact) mass is 256 g/mol. The van der Waals surface area contributed by atoms with Crippen molar-refractivity contribution in [3.63, 3.8) is 0 Å². The summed E-state index contributed by atoms with van der Waals surface area (Å²) in [5, 5.41) is 9.48. The number of aliphatic hydroxyl groups excluding tert-OH is 1.